The Labute approximate surface area is 160 Å². The second-order valence-corrected chi connectivity index (χ2v) is 6.46. The van der Waals surface area contributed by atoms with Crippen LogP contribution in [0.25, 0.3) is 0 Å². The number of hydrogen-bond acceptors (Lipinski definition) is 4. The number of carbonyl (C=O) groups excluding carboxylic acids is 2. The Bertz CT molecular complexity index is 875. The van der Waals surface area contributed by atoms with Crippen molar-refractivity contribution in [2.24, 2.45) is 0 Å². The quantitative estimate of drug-likeness (QED) is 0.818. The van der Waals surface area contributed by atoms with Crippen LogP contribution in [-0.2, 0) is 4.79 Å². The number of piperidine rings is 1. The van der Waals surface area contributed by atoms with E-state index < -0.39 is 11.7 Å². The van der Waals surface area contributed by atoms with E-state index in [1.807, 2.05) is 0 Å². The van der Waals surface area contributed by atoms with Gasteiger partial charge >= 0.3 is 0 Å². The van der Waals surface area contributed by atoms with Gasteiger partial charge in [-0.1, -0.05) is 11.6 Å². The molecule has 6 nitrogen and oxygen atoms in total. The van der Waals surface area contributed by atoms with Crippen molar-refractivity contribution in [3.63, 3.8) is 0 Å². The fraction of sp³-hybridized carbons (Fsp3) is 0.263. The molecule has 8 heteroatoms. The van der Waals surface area contributed by atoms with E-state index in [-0.39, 0.29) is 34.7 Å². The van der Waals surface area contributed by atoms with Gasteiger partial charge in [0.2, 0.25) is 5.91 Å². The number of methoxy groups -OCH3 is 1. The lowest BCUT2D eigenvalue weighted by Gasteiger charge is -2.23. The van der Waals surface area contributed by atoms with Crippen molar-refractivity contribution in [3.8, 4) is 17.2 Å². The molecule has 1 atom stereocenters. The molecule has 2 aromatic carbocycles. The average molecular weight is 393 g/mol. The van der Waals surface area contributed by atoms with Crippen LogP contribution in [0.2, 0.25) is 5.02 Å². The van der Waals surface area contributed by atoms with E-state index in [2.05, 4.69) is 10.6 Å². The van der Waals surface area contributed by atoms with Crippen molar-refractivity contribution in [3.05, 3.63) is 52.8 Å². The van der Waals surface area contributed by atoms with Crippen molar-refractivity contribution in [1.82, 2.24) is 10.6 Å². The first-order valence-corrected chi connectivity index (χ1v) is 8.72. The summed E-state index contributed by atoms with van der Waals surface area (Å²) in [5.41, 5.74) is 0.0212. The molecular weight excluding hydrogens is 375 g/mol. The van der Waals surface area contributed by atoms with Gasteiger partial charge in [0, 0.05) is 25.1 Å². The molecule has 0 aliphatic carbocycles. The smallest absolute Gasteiger partial charge is 0.255 e. The number of halogens is 2. The van der Waals surface area contributed by atoms with E-state index in [1.165, 1.54) is 19.2 Å². The van der Waals surface area contributed by atoms with Gasteiger partial charge in [0.05, 0.1) is 17.7 Å². The van der Waals surface area contributed by atoms with Gasteiger partial charge in [0.25, 0.3) is 5.91 Å². The SMILES string of the molecule is COc1ccc(Oc2ccc(F)cc2C(=O)NC2CCNC(=O)C2)c(Cl)c1. The van der Waals surface area contributed by atoms with Gasteiger partial charge in [-0.3, -0.25) is 9.59 Å². The summed E-state index contributed by atoms with van der Waals surface area (Å²) in [5.74, 6) is -0.216. The van der Waals surface area contributed by atoms with Crippen molar-refractivity contribution in [2.75, 3.05) is 13.7 Å². The van der Waals surface area contributed by atoms with Gasteiger partial charge in [-0.15, -0.1) is 0 Å². The highest BCUT2D eigenvalue weighted by atomic mass is 35.5. The third-order valence-electron chi connectivity index (χ3n) is 4.13. The Kier molecular flexibility index (Phi) is 5.81. The molecule has 0 spiro atoms. The van der Waals surface area contributed by atoms with Crippen LogP contribution in [0.5, 0.6) is 17.2 Å². The minimum atomic E-state index is -0.574. The Balaban J connectivity index is 1.82. The topological polar surface area (TPSA) is 76.7 Å². The normalized spacial score (nSPS) is 16.4. The van der Waals surface area contributed by atoms with E-state index in [0.717, 1.165) is 6.07 Å². The summed E-state index contributed by atoms with van der Waals surface area (Å²) in [7, 11) is 1.51. The number of rotatable bonds is 5. The first-order valence-electron chi connectivity index (χ1n) is 8.35. The molecule has 2 N–H and O–H groups in total. The number of benzene rings is 2. The Hall–Kier alpha value is -2.80. The van der Waals surface area contributed by atoms with Crippen molar-refractivity contribution >= 4 is 23.4 Å². The minimum absolute atomic E-state index is 0.0212. The van der Waals surface area contributed by atoms with E-state index in [4.69, 9.17) is 21.1 Å². The fourth-order valence-corrected chi connectivity index (χ4v) is 2.96. The maximum atomic E-state index is 13.7. The van der Waals surface area contributed by atoms with Gasteiger partial charge in [0.1, 0.15) is 23.1 Å². The van der Waals surface area contributed by atoms with E-state index in [1.54, 1.807) is 18.2 Å². The van der Waals surface area contributed by atoms with E-state index >= 15 is 0 Å². The zero-order valence-corrected chi connectivity index (χ0v) is 15.3. The molecule has 3 rings (SSSR count). The van der Waals surface area contributed by atoms with E-state index in [9.17, 15) is 14.0 Å². The first kappa shape index (κ1) is 19.0. The highest BCUT2D eigenvalue weighted by molar-refractivity contribution is 6.32. The Morgan fingerprint density at radius 2 is 2.04 bits per heavy atom. The molecule has 1 heterocycles. The van der Waals surface area contributed by atoms with Gasteiger partial charge < -0.3 is 20.1 Å². The monoisotopic (exact) mass is 392 g/mol. The summed E-state index contributed by atoms with van der Waals surface area (Å²) < 4.78 is 24.5. The maximum Gasteiger partial charge on any atom is 0.255 e. The highest BCUT2D eigenvalue weighted by Gasteiger charge is 2.23. The Morgan fingerprint density at radius 1 is 1.26 bits per heavy atom. The highest BCUT2D eigenvalue weighted by Crippen LogP contribution is 2.34. The third kappa shape index (κ3) is 4.68. The standard InChI is InChI=1S/C19H18ClFN2O4/c1-26-13-3-5-17(15(20)10-13)27-16-4-2-11(21)8-14(16)19(25)23-12-6-7-22-18(24)9-12/h2-5,8,10,12H,6-7,9H2,1H3,(H,22,24)(H,23,25). The lowest BCUT2D eigenvalue weighted by molar-refractivity contribution is -0.122. The molecule has 1 fully saturated rings. The molecule has 142 valence electrons. The zero-order chi connectivity index (χ0) is 19.4. The maximum absolute atomic E-state index is 13.7. The van der Waals surface area contributed by atoms with E-state index in [0.29, 0.717) is 24.5 Å². The second-order valence-electron chi connectivity index (χ2n) is 6.05. The van der Waals surface area contributed by atoms with Crippen molar-refractivity contribution < 1.29 is 23.5 Å². The van der Waals surface area contributed by atoms with Crippen LogP contribution in [0.3, 0.4) is 0 Å². The van der Waals surface area contributed by atoms with Crippen LogP contribution in [0.4, 0.5) is 4.39 Å². The molecule has 2 aromatic rings. The van der Waals surface area contributed by atoms with Crippen LogP contribution >= 0.6 is 11.6 Å². The van der Waals surface area contributed by atoms with Crippen LogP contribution in [0.1, 0.15) is 23.2 Å². The van der Waals surface area contributed by atoms with Gasteiger partial charge in [0.15, 0.2) is 0 Å². The zero-order valence-electron chi connectivity index (χ0n) is 14.6. The molecule has 1 aliphatic heterocycles. The minimum Gasteiger partial charge on any atom is -0.497 e. The molecular formula is C19H18ClFN2O4. The lowest BCUT2D eigenvalue weighted by atomic mass is 10.1. The molecule has 0 radical (unpaired) electrons. The largest absolute Gasteiger partial charge is 0.497 e. The molecule has 1 saturated heterocycles. The molecule has 1 unspecified atom stereocenters. The van der Waals surface area contributed by atoms with Crippen molar-refractivity contribution in [1.29, 1.82) is 0 Å². The van der Waals surface area contributed by atoms with Crippen LogP contribution in [0, 0.1) is 5.82 Å². The fourth-order valence-electron chi connectivity index (χ4n) is 2.75. The number of hydrogen-bond donors (Lipinski definition) is 2. The lowest BCUT2D eigenvalue weighted by Crippen LogP contribution is -2.45. The van der Waals surface area contributed by atoms with Gasteiger partial charge in [-0.2, -0.15) is 0 Å². The summed E-state index contributed by atoms with van der Waals surface area (Å²) in [6, 6.07) is 8.15. The Morgan fingerprint density at radius 3 is 2.74 bits per heavy atom. The summed E-state index contributed by atoms with van der Waals surface area (Å²) in [4.78, 5) is 24.1. The number of ether oxygens (including phenoxy) is 2. The average Bonchev–Trinajstić information content (AvgIpc) is 2.64. The predicted molar refractivity (Wildman–Crippen MR) is 98.0 cm³/mol. The number of carbonyl (C=O) groups is 2. The predicted octanol–water partition coefficient (Wildman–Crippen LogP) is 3.29. The molecule has 2 amide bonds. The summed E-state index contributed by atoms with van der Waals surface area (Å²) >= 11 is 6.17. The third-order valence-corrected chi connectivity index (χ3v) is 4.42. The molecule has 0 aromatic heterocycles. The summed E-state index contributed by atoms with van der Waals surface area (Å²) in [6.45, 7) is 0.484. The summed E-state index contributed by atoms with van der Waals surface area (Å²) in [6.07, 6.45) is 0.787. The second kappa shape index (κ2) is 8.26. The molecule has 0 bridgehead atoms. The van der Waals surface area contributed by atoms with Crippen molar-refractivity contribution in [2.45, 2.75) is 18.9 Å². The molecule has 27 heavy (non-hydrogen) atoms. The van der Waals surface area contributed by atoms with Crippen LogP contribution < -0.4 is 20.1 Å². The molecule has 0 saturated carbocycles. The van der Waals surface area contributed by atoms with Crippen LogP contribution in [-0.4, -0.2) is 31.5 Å². The first-order chi connectivity index (χ1) is 13.0. The number of amides is 2. The van der Waals surface area contributed by atoms with Crippen LogP contribution in [0.15, 0.2) is 36.4 Å². The van der Waals surface area contributed by atoms with Gasteiger partial charge in [-0.05, 0) is 36.8 Å². The summed E-state index contributed by atoms with van der Waals surface area (Å²) in [5, 5.41) is 5.73. The van der Waals surface area contributed by atoms with Gasteiger partial charge in [-0.25, -0.2) is 4.39 Å². The molecule has 1 aliphatic rings. The number of nitrogens with one attached hydrogen (secondary N) is 2.